The summed E-state index contributed by atoms with van der Waals surface area (Å²) in [5.74, 6) is 0.637. The lowest BCUT2D eigenvalue weighted by molar-refractivity contribution is -0.00253. The first-order valence-electron chi connectivity index (χ1n) is 8.26. The molecule has 0 saturated carbocycles. The van der Waals surface area contributed by atoms with E-state index in [1.54, 1.807) is 28.9 Å². The van der Waals surface area contributed by atoms with Crippen molar-refractivity contribution < 1.29 is 9.90 Å². The molecule has 2 aromatic rings. The highest BCUT2D eigenvalue weighted by molar-refractivity contribution is 6.30. The first-order valence-corrected chi connectivity index (χ1v) is 8.64. The molecule has 2 aromatic heterocycles. The fourth-order valence-electron chi connectivity index (χ4n) is 3.00. The third kappa shape index (κ3) is 4.29. The summed E-state index contributed by atoms with van der Waals surface area (Å²) in [4.78, 5) is 18.6. The van der Waals surface area contributed by atoms with Crippen LogP contribution in [0.5, 0.6) is 0 Å². The molecule has 0 spiro atoms. The molecule has 8 heteroatoms. The number of carbonyl (C=O) groups excluding carboxylic acids is 1. The van der Waals surface area contributed by atoms with Gasteiger partial charge in [-0.2, -0.15) is 5.10 Å². The summed E-state index contributed by atoms with van der Waals surface area (Å²) in [5, 5.41) is 17.8. The zero-order valence-corrected chi connectivity index (χ0v) is 15.1. The summed E-state index contributed by atoms with van der Waals surface area (Å²) in [6.07, 6.45) is 4.73. The van der Waals surface area contributed by atoms with E-state index in [1.807, 2.05) is 19.1 Å². The van der Waals surface area contributed by atoms with E-state index in [4.69, 9.17) is 11.6 Å². The van der Waals surface area contributed by atoms with Crippen LogP contribution in [0.4, 0.5) is 4.79 Å². The number of halogens is 1. The molecular formula is C17H22ClN5O2. The molecule has 1 aliphatic rings. The Labute approximate surface area is 151 Å². The molecule has 1 aliphatic heterocycles. The van der Waals surface area contributed by atoms with Crippen LogP contribution in [0.3, 0.4) is 0 Å². The van der Waals surface area contributed by atoms with Crippen LogP contribution < -0.4 is 5.32 Å². The predicted octanol–water partition coefficient (Wildman–Crippen LogP) is 2.29. The number of urea groups is 1. The first kappa shape index (κ1) is 17.7. The van der Waals surface area contributed by atoms with Crippen molar-refractivity contribution in [3.8, 4) is 5.82 Å². The Kier molecular flexibility index (Phi) is 4.96. The monoisotopic (exact) mass is 363 g/mol. The summed E-state index contributed by atoms with van der Waals surface area (Å²) in [5.41, 5.74) is 0.865. The lowest BCUT2D eigenvalue weighted by atomic mass is 9.95. The predicted molar refractivity (Wildman–Crippen MR) is 94.8 cm³/mol. The molecule has 2 N–H and O–H groups in total. The molecular weight excluding hydrogens is 342 g/mol. The Morgan fingerprint density at radius 2 is 2.28 bits per heavy atom. The molecule has 3 heterocycles. The van der Waals surface area contributed by atoms with Crippen molar-refractivity contribution >= 4 is 17.6 Å². The minimum absolute atomic E-state index is 0.190. The van der Waals surface area contributed by atoms with Gasteiger partial charge in [0.2, 0.25) is 0 Å². The number of piperidine rings is 1. The van der Waals surface area contributed by atoms with E-state index >= 15 is 0 Å². The molecule has 0 aliphatic carbocycles. The first-order chi connectivity index (χ1) is 11.8. The number of rotatable bonds is 3. The van der Waals surface area contributed by atoms with Gasteiger partial charge in [0.05, 0.1) is 29.6 Å². The number of likely N-dealkylation sites (tertiary alicyclic amines) is 1. The number of hydrogen-bond donors (Lipinski definition) is 2. The molecule has 1 atom stereocenters. The van der Waals surface area contributed by atoms with Crippen molar-refractivity contribution in [2.75, 3.05) is 13.1 Å². The Balaban J connectivity index is 1.72. The van der Waals surface area contributed by atoms with Crippen molar-refractivity contribution in [3.63, 3.8) is 0 Å². The highest BCUT2D eigenvalue weighted by Gasteiger charge is 2.30. The molecule has 7 nitrogen and oxygen atoms in total. The lowest BCUT2D eigenvalue weighted by Crippen LogP contribution is -2.51. The number of aryl methyl sites for hydroxylation is 1. The number of pyridine rings is 1. The van der Waals surface area contributed by atoms with Gasteiger partial charge in [-0.05, 0) is 32.8 Å². The minimum atomic E-state index is -0.821. The van der Waals surface area contributed by atoms with Crippen LogP contribution in [0.1, 0.15) is 31.0 Å². The number of amides is 2. The second-order valence-electron chi connectivity index (χ2n) is 6.72. The SMILES string of the molecule is Cc1ccc(CNC(=O)N2CCC[C@](C)(O)C2)c(-n2cc(Cl)cn2)n1. The number of β-amino-alcohol motifs (C(OH)–C–C–N with tert-alkyl or cyclic N) is 1. The molecule has 3 rings (SSSR count). The van der Waals surface area contributed by atoms with Gasteiger partial charge >= 0.3 is 6.03 Å². The van der Waals surface area contributed by atoms with Gasteiger partial charge in [0, 0.05) is 24.3 Å². The van der Waals surface area contributed by atoms with E-state index in [1.165, 1.54) is 0 Å². The smallest absolute Gasteiger partial charge is 0.317 e. The normalized spacial score (nSPS) is 20.6. The average Bonchev–Trinajstić information content (AvgIpc) is 2.98. The largest absolute Gasteiger partial charge is 0.388 e. The molecule has 1 fully saturated rings. The van der Waals surface area contributed by atoms with Crippen LogP contribution in [0, 0.1) is 6.92 Å². The van der Waals surface area contributed by atoms with Crippen LogP contribution in [-0.4, -0.2) is 49.5 Å². The van der Waals surface area contributed by atoms with Gasteiger partial charge in [-0.15, -0.1) is 0 Å². The van der Waals surface area contributed by atoms with E-state index in [0.717, 1.165) is 17.7 Å². The Morgan fingerprint density at radius 3 is 2.96 bits per heavy atom. The molecule has 25 heavy (non-hydrogen) atoms. The Morgan fingerprint density at radius 1 is 1.48 bits per heavy atom. The van der Waals surface area contributed by atoms with Gasteiger partial charge in [0.15, 0.2) is 5.82 Å². The lowest BCUT2D eigenvalue weighted by Gasteiger charge is -2.36. The van der Waals surface area contributed by atoms with Crippen LogP contribution in [0.15, 0.2) is 24.5 Å². The van der Waals surface area contributed by atoms with Crippen molar-refractivity contribution in [2.24, 2.45) is 0 Å². The highest BCUT2D eigenvalue weighted by atomic mass is 35.5. The summed E-state index contributed by atoms with van der Waals surface area (Å²) >= 11 is 5.95. The fourth-order valence-corrected chi connectivity index (χ4v) is 3.14. The second kappa shape index (κ2) is 7.01. The van der Waals surface area contributed by atoms with Crippen molar-refractivity contribution in [1.29, 1.82) is 0 Å². The van der Waals surface area contributed by atoms with E-state index in [2.05, 4.69) is 15.4 Å². The molecule has 2 amide bonds. The summed E-state index contributed by atoms with van der Waals surface area (Å²) < 4.78 is 1.60. The molecule has 134 valence electrons. The highest BCUT2D eigenvalue weighted by Crippen LogP contribution is 2.20. The third-order valence-corrected chi connectivity index (χ3v) is 4.45. The van der Waals surface area contributed by atoms with Gasteiger partial charge in [-0.25, -0.2) is 14.5 Å². The third-order valence-electron chi connectivity index (χ3n) is 4.26. The molecule has 0 bridgehead atoms. The average molecular weight is 364 g/mol. The maximum absolute atomic E-state index is 12.4. The number of hydrogen-bond acceptors (Lipinski definition) is 4. The van der Waals surface area contributed by atoms with Gasteiger partial charge in [0.1, 0.15) is 0 Å². The number of nitrogens with one attached hydrogen (secondary N) is 1. The Hall–Kier alpha value is -2.12. The summed E-state index contributed by atoms with van der Waals surface area (Å²) in [6.45, 7) is 4.96. The van der Waals surface area contributed by atoms with E-state index in [9.17, 15) is 9.90 Å². The van der Waals surface area contributed by atoms with Crippen molar-refractivity contribution in [3.05, 3.63) is 40.8 Å². The second-order valence-corrected chi connectivity index (χ2v) is 7.16. The quantitative estimate of drug-likeness (QED) is 0.876. The number of aromatic nitrogens is 3. The minimum Gasteiger partial charge on any atom is -0.388 e. The van der Waals surface area contributed by atoms with Crippen LogP contribution >= 0.6 is 11.6 Å². The molecule has 0 unspecified atom stereocenters. The molecule has 0 radical (unpaired) electrons. The van der Waals surface area contributed by atoms with Gasteiger partial charge in [-0.3, -0.25) is 0 Å². The maximum atomic E-state index is 12.4. The van der Waals surface area contributed by atoms with Crippen LogP contribution in [0.2, 0.25) is 5.02 Å². The zero-order chi connectivity index (χ0) is 18.0. The molecule has 1 saturated heterocycles. The maximum Gasteiger partial charge on any atom is 0.317 e. The number of nitrogens with zero attached hydrogens (tertiary/aromatic N) is 4. The summed E-state index contributed by atoms with van der Waals surface area (Å²) in [7, 11) is 0. The van der Waals surface area contributed by atoms with E-state index in [-0.39, 0.29) is 6.03 Å². The fraction of sp³-hybridized carbons (Fsp3) is 0.471. The summed E-state index contributed by atoms with van der Waals surface area (Å²) in [6, 6.07) is 3.62. The van der Waals surface area contributed by atoms with Gasteiger partial charge < -0.3 is 15.3 Å². The van der Waals surface area contributed by atoms with E-state index < -0.39 is 5.60 Å². The van der Waals surface area contributed by atoms with Gasteiger partial charge in [0.25, 0.3) is 0 Å². The van der Waals surface area contributed by atoms with Crippen LogP contribution in [0.25, 0.3) is 5.82 Å². The molecule has 0 aromatic carbocycles. The Bertz CT molecular complexity index is 774. The van der Waals surface area contributed by atoms with Crippen molar-refractivity contribution in [1.82, 2.24) is 25.0 Å². The van der Waals surface area contributed by atoms with Crippen molar-refractivity contribution in [2.45, 2.75) is 38.8 Å². The zero-order valence-electron chi connectivity index (χ0n) is 14.4. The van der Waals surface area contributed by atoms with Gasteiger partial charge in [-0.1, -0.05) is 17.7 Å². The van der Waals surface area contributed by atoms with E-state index in [0.29, 0.717) is 36.9 Å². The number of carbonyl (C=O) groups is 1. The van der Waals surface area contributed by atoms with Crippen LogP contribution in [-0.2, 0) is 6.54 Å². The standard InChI is InChI=1S/C17H22ClN5O2/c1-12-4-5-13(15(21-12)23-10-14(18)9-20-23)8-19-16(24)22-7-3-6-17(2,25)11-22/h4-5,9-10,25H,3,6-8,11H2,1-2H3,(H,19,24)/t17-/m0/s1. The topological polar surface area (TPSA) is 83.3 Å². The number of aliphatic hydroxyl groups is 1.